The van der Waals surface area contributed by atoms with E-state index in [2.05, 4.69) is 10.6 Å². The van der Waals surface area contributed by atoms with Crippen molar-refractivity contribution in [1.82, 2.24) is 15.5 Å². The molecule has 1 saturated heterocycles. The lowest BCUT2D eigenvalue weighted by Gasteiger charge is -2.35. The fourth-order valence-electron chi connectivity index (χ4n) is 6.30. The lowest BCUT2D eigenvalue weighted by atomic mass is 9.94. The minimum atomic E-state index is -1.21. The van der Waals surface area contributed by atoms with Crippen LogP contribution in [0.2, 0.25) is 0 Å². The van der Waals surface area contributed by atoms with Crippen molar-refractivity contribution in [3.63, 3.8) is 0 Å². The quantitative estimate of drug-likeness (QED) is 0.290. The van der Waals surface area contributed by atoms with Crippen molar-refractivity contribution < 1.29 is 28.7 Å². The van der Waals surface area contributed by atoms with Crippen LogP contribution >= 0.6 is 23.2 Å². The SMILES string of the molecule is CC(C)(C)OC(=O)N[C@H](C(=O)N1C[C@H]2[C@@H]([C@H]1C(=O)N[C@@H](CC1CC1)C(=O)C(N)=O)C2(Cl)Cl)C1Cc2ccccc2C1. The number of benzene rings is 1. The van der Waals surface area contributed by atoms with Crippen LogP contribution < -0.4 is 16.4 Å². The smallest absolute Gasteiger partial charge is 0.408 e. The topological polar surface area (TPSA) is 148 Å². The standard InChI is InChI=1S/C29H36Cl2N4O6/c1-28(2,3)41-27(40)34-21(17-11-15-6-4-5-7-16(15)12-17)26(39)35-13-18-20(29(18,30)31)22(35)25(38)33-19(10-14-8-9-14)23(36)24(32)37/h4-7,14,17-22H,8-13H2,1-3H3,(H2,32,37)(H,33,38)(H,34,40)/t18-,19-,20-,21-,22-/m0/s1. The number of alkyl carbamates (subject to hydrolysis) is 1. The number of nitrogens with one attached hydrogen (secondary N) is 2. The number of amides is 4. The first kappa shape index (κ1) is 29.6. The first-order valence-corrected chi connectivity index (χ1v) is 14.8. The van der Waals surface area contributed by atoms with Crippen LogP contribution in [-0.4, -0.2) is 69.1 Å². The minimum absolute atomic E-state index is 0.109. The molecule has 4 aliphatic rings. The molecular formula is C29H36Cl2N4O6. The van der Waals surface area contributed by atoms with Crippen molar-refractivity contribution in [1.29, 1.82) is 0 Å². The van der Waals surface area contributed by atoms with Gasteiger partial charge in [-0.25, -0.2) is 4.79 Å². The van der Waals surface area contributed by atoms with Crippen LogP contribution in [0, 0.1) is 23.7 Å². The van der Waals surface area contributed by atoms with Gasteiger partial charge in [0.25, 0.3) is 5.91 Å². The summed E-state index contributed by atoms with van der Waals surface area (Å²) in [5, 5.41) is 5.45. The summed E-state index contributed by atoms with van der Waals surface area (Å²) >= 11 is 13.0. The number of likely N-dealkylation sites (tertiary alicyclic amines) is 1. The van der Waals surface area contributed by atoms with Gasteiger partial charge >= 0.3 is 6.09 Å². The Labute approximate surface area is 249 Å². The second-order valence-electron chi connectivity index (χ2n) is 12.8. The number of nitrogens with two attached hydrogens (primary N) is 1. The lowest BCUT2D eigenvalue weighted by Crippen LogP contribution is -2.60. The molecule has 0 spiro atoms. The highest BCUT2D eigenvalue weighted by atomic mass is 35.5. The van der Waals surface area contributed by atoms with Gasteiger partial charge in [0.2, 0.25) is 17.6 Å². The highest BCUT2D eigenvalue weighted by Crippen LogP contribution is 2.65. The van der Waals surface area contributed by atoms with Crippen molar-refractivity contribution in [3.05, 3.63) is 35.4 Å². The molecule has 4 N–H and O–H groups in total. The number of hydrogen-bond donors (Lipinski definition) is 3. The first-order valence-electron chi connectivity index (χ1n) is 14.1. The normalized spacial score (nSPS) is 25.9. The number of nitrogens with zero attached hydrogens (tertiary/aromatic N) is 1. The van der Waals surface area contributed by atoms with E-state index in [-0.39, 0.29) is 24.3 Å². The number of primary amides is 1. The monoisotopic (exact) mass is 606 g/mol. The summed E-state index contributed by atoms with van der Waals surface area (Å²) < 4.78 is 4.26. The largest absolute Gasteiger partial charge is 0.444 e. The second-order valence-corrected chi connectivity index (χ2v) is 14.2. The summed E-state index contributed by atoms with van der Waals surface area (Å²) in [5.74, 6) is -4.08. The van der Waals surface area contributed by atoms with Gasteiger partial charge in [0.05, 0.1) is 6.04 Å². The zero-order valence-electron chi connectivity index (χ0n) is 23.3. The minimum Gasteiger partial charge on any atom is -0.444 e. The summed E-state index contributed by atoms with van der Waals surface area (Å²) in [6.45, 7) is 5.30. The molecule has 1 aromatic carbocycles. The van der Waals surface area contributed by atoms with Crippen molar-refractivity contribution in [2.45, 2.75) is 80.9 Å². The molecule has 3 fully saturated rings. The highest BCUT2D eigenvalue weighted by Gasteiger charge is 2.74. The summed E-state index contributed by atoms with van der Waals surface area (Å²) in [6, 6.07) is 4.69. The molecular weight excluding hydrogens is 571 g/mol. The van der Waals surface area contributed by atoms with Gasteiger partial charge < -0.3 is 26.0 Å². The highest BCUT2D eigenvalue weighted by molar-refractivity contribution is 6.51. The Hall–Kier alpha value is -2.85. The van der Waals surface area contributed by atoms with Crippen LogP contribution in [0.1, 0.15) is 51.2 Å². The summed E-state index contributed by atoms with van der Waals surface area (Å²) in [7, 11) is 0. The molecule has 4 amide bonds. The fraction of sp³-hybridized carbons (Fsp3) is 0.621. The van der Waals surface area contributed by atoms with Crippen LogP contribution in [-0.2, 0) is 36.8 Å². The summed E-state index contributed by atoms with van der Waals surface area (Å²) in [6.07, 6.45) is 2.46. The molecule has 0 aromatic heterocycles. The van der Waals surface area contributed by atoms with E-state index in [0.29, 0.717) is 19.3 Å². The number of carbonyl (C=O) groups excluding carboxylic acids is 5. The molecule has 5 atom stereocenters. The van der Waals surface area contributed by atoms with Crippen LogP contribution in [0.4, 0.5) is 4.79 Å². The van der Waals surface area contributed by atoms with E-state index in [1.807, 2.05) is 24.3 Å². The maximum Gasteiger partial charge on any atom is 0.408 e. The van der Waals surface area contributed by atoms with Gasteiger partial charge in [-0.2, -0.15) is 0 Å². The van der Waals surface area contributed by atoms with Crippen LogP contribution in [0.25, 0.3) is 0 Å². The third kappa shape index (κ3) is 6.18. The predicted molar refractivity (Wildman–Crippen MR) is 151 cm³/mol. The number of ether oxygens (including phenoxy) is 1. The van der Waals surface area contributed by atoms with Crippen molar-refractivity contribution >= 4 is 52.8 Å². The Bertz CT molecular complexity index is 1250. The van der Waals surface area contributed by atoms with E-state index in [4.69, 9.17) is 33.7 Å². The number of hydrogen-bond acceptors (Lipinski definition) is 6. The molecule has 2 saturated carbocycles. The van der Waals surface area contributed by atoms with Gasteiger partial charge in [-0.3, -0.25) is 19.2 Å². The predicted octanol–water partition coefficient (Wildman–Crippen LogP) is 2.26. The molecule has 0 unspecified atom stereocenters. The van der Waals surface area contributed by atoms with E-state index in [0.717, 1.165) is 24.0 Å². The average Bonchev–Trinajstić information content (AvgIpc) is 3.63. The number of rotatable bonds is 9. The molecule has 5 rings (SSSR count). The van der Waals surface area contributed by atoms with Gasteiger partial charge in [-0.05, 0) is 63.0 Å². The first-order chi connectivity index (χ1) is 19.2. The summed E-state index contributed by atoms with van der Waals surface area (Å²) in [4.78, 5) is 66.5. The van der Waals surface area contributed by atoms with Gasteiger partial charge in [0, 0.05) is 18.4 Å². The molecule has 0 bridgehead atoms. The van der Waals surface area contributed by atoms with Crippen molar-refractivity contribution in [3.8, 4) is 0 Å². The maximum atomic E-state index is 14.2. The van der Waals surface area contributed by atoms with Gasteiger partial charge in [-0.15, -0.1) is 23.2 Å². The molecule has 1 aromatic rings. The van der Waals surface area contributed by atoms with E-state index >= 15 is 0 Å². The number of ketones is 1. The van der Waals surface area contributed by atoms with Gasteiger partial charge in [-0.1, -0.05) is 37.1 Å². The average molecular weight is 608 g/mol. The number of Topliss-reactive ketones (excluding diaryl/α,β-unsaturated/α-hetero) is 1. The third-order valence-corrected chi connectivity index (χ3v) is 9.58. The Morgan fingerprint density at radius 1 is 1.07 bits per heavy atom. The third-order valence-electron chi connectivity index (χ3n) is 8.52. The lowest BCUT2D eigenvalue weighted by molar-refractivity contribution is -0.144. The van der Waals surface area contributed by atoms with Crippen LogP contribution in [0.15, 0.2) is 24.3 Å². The summed E-state index contributed by atoms with van der Waals surface area (Å²) in [5.41, 5.74) is 6.65. The van der Waals surface area contributed by atoms with E-state index in [9.17, 15) is 24.0 Å². The maximum absolute atomic E-state index is 14.2. The number of alkyl halides is 2. The van der Waals surface area contributed by atoms with Crippen molar-refractivity contribution in [2.24, 2.45) is 29.4 Å². The molecule has 222 valence electrons. The van der Waals surface area contributed by atoms with E-state index in [1.54, 1.807) is 20.8 Å². The van der Waals surface area contributed by atoms with Gasteiger partial charge in [0.15, 0.2) is 0 Å². The molecule has 3 aliphatic carbocycles. The Balaban J connectivity index is 1.39. The van der Waals surface area contributed by atoms with E-state index < -0.39 is 63.6 Å². The van der Waals surface area contributed by atoms with E-state index in [1.165, 1.54) is 4.90 Å². The Morgan fingerprint density at radius 2 is 1.68 bits per heavy atom. The molecule has 0 radical (unpaired) electrons. The zero-order chi connectivity index (χ0) is 29.9. The second kappa shape index (κ2) is 10.8. The molecule has 1 heterocycles. The van der Waals surface area contributed by atoms with Crippen molar-refractivity contribution in [2.75, 3.05) is 6.54 Å². The number of piperidine rings is 1. The number of carbonyl (C=O) groups is 5. The molecule has 41 heavy (non-hydrogen) atoms. The van der Waals surface area contributed by atoms with Crippen LogP contribution in [0.5, 0.6) is 0 Å². The molecule has 1 aliphatic heterocycles. The van der Waals surface area contributed by atoms with Crippen LogP contribution in [0.3, 0.4) is 0 Å². The Morgan fingerprint density at radius 3 is 2.22 bits per heavy atom. The number of fused-ring (bicyclic) bond motifs is 2. The Kier molecular flexibility index (Phi) is 7.78. The fourth-order valence-corrected chi connectivity index (χ4v) is 7.13. The molecule has 10 nitrogen and oxygen atoms in total. The molecule has 12 heteroatoms. The zero-order valence-corrected chi connectivity index (χ0v) is 24.8. The van der Waals surface area contributed by atoms with Gasteiger partial charge in [0.1, 0.15) is 22.0 Å². The number of halogens is 2.